The topological polar surface area (TPSA) is 63.8 Å². The van der Waals surface area contributed by atoms with Gasteiger partial charge in [0.25, 0.3) is 0 Å². The van der Waals surface area contributed by atoms with Crippen LogP contribution in [0.4, 0.5) is 4.39 Å². The number of nitrogens with zero attached hydrogens (tertiary/aromatic N) is 2. The smallest absolute Gasteiger partial charge is 0.123 e. The van der Waals surface area contributed by atoms with Gasteiger partial charge < -0.3 is 0 Å². The third-order valence-electron chi connectivity index (χ3n) is 2.29. The number of nitrogens with one attached hydrogen (secondary N) is 1. The van der Waals surface area contributed by atoms with Crippen LogP contribution in [-0.4, -0.2) is 9.59 Å². The summed E-state index contributed by atoms with van der Waals surface area (Å²) >= 11 is 1.28. The van der Waals surface area contributed by atoms with E-state index in [0.29, 0.717) is 6.42 Å². The Kier molecular flexibility index (Phi) is 3.55. The summed E-state index contributed by atoms with van der Waals surface area (Å²) < 4.78 is 16.5. The fraction of sp³-hybridized carbons (Fsp3) is 0.200. The lowest BCUT2D eigenvalue weighted by molar-refractivity contribution is 0.536. The molecular weight excluding hydrogens is 227 g/mol. The van der Waals surface area contributed by atoms with E-state index in [-0.39, 0.29) is 11.9 Å². The molecule has 0 aliphatic heterocycles. The first-order valence-electron chi connectivity index (χ1n) is 4.77. The Morgan fingerprint density at radius 2 is 2.12 bits per heavy atom. The summed E-state index contributed by atoms with van der Waals surface area (Å²) in [5.74, 6) is 5.21. The molecule has 0 saturated carbocycles. The van der Waals surface area contributed by atoms with Crippen molar-refractivity contribution in [3.05, 3.63) is 46.7 Å². The van der Waals surface area contributed by atoms with Crippen LogP contribution in [0.25, 0.3) is 0 Å². The van der Waals surface area contributed by atoms with Crippen molar-refractivity contribution in [2.45, 2.75) is 12.5 Å². The highest BCUT2D eigenvalue weighted by Gasteiger charge is 2.13. The van der Waals surface area contributed by atoms with Crippen LogP contribution in [0.5, 0.6) is 0 Å². The Labute approximate surface area is 96.4 Å². The van der Waals surface area contributed by atoms with Crippen molar-refractivity contribution in [3.63, 3.8) is 0 Å². The van der Waals surface area contributed by atoms with Gasteiger partial charge in [-0.1, -0.05) is 16.6 Å². The summed E-state index contributed by atoms with van der Waals surface area (Å²) in [7, 11) is 0. The maximum atomic E-state index is 12.7. The number of hydrogen-bond donors (Lipinski definition) is 2. The monoisotopic (exact) mass is 238 g/mol. The molecule has 1 atom stereocenters. The minimum absolute atomic E-state index is 0.0933. The molecule has 0 amide bonds. The third kappa shape index (κ3) is 2.60. The minimum atomic E-state index is -0.240. The van der Waals surface area contributed by atoms with Crippen LogP contribution >= 0.6 is 11.5 Å². The molecular formula is C10H11FN4S. The van der Waals surface area contributed by atoms with Crippen molar-refractivity contribution in [3.8, 4) is 0 Å². The molecule has 3 N–H and O–H groups in total. The van der Waals surface area contributed by atoms with E-state index >= 15 is 0 Å². The van der Waals surface area contributed by atoms with Gasteiger partial charge in [-0.2, -0.15) is 0 Å². The molecule has 0 aliphatic carbocycles. The van der Waals surface area contributed by atoms with Gasteiger partial charge in [0.05, 0.1) is 11.7 Å². The summed E-state index contributed by atoms with van der Waals surface area (Å²) in [4.78, 5) is 0. The van der Waals surface area contributed by atoms with E-state index < -0.39 is 0 Å². The second-order valence-corrected chi connectivity index (χ2v) is 3.99. The van der Waals surface area contributed by atoms with Gasteiger partial charge >= 0.3 is 0 Å². The predicted molar refractivity (Wildman–Crippen MR) is 60.1 cm³/mol. The number of aromatic nitrogens is 2. The molecule has 6 heteroatoms. The van der Waals surface area contributed by atoms with Gasteiger partial charge in [-0.25, -0.2) is 4.39 Å². The van der Waals surface area contributed by atoms with Crippen molar-refractivity contribution in [2.24, 2.45) is 5.84 Å². The summed E-state index contributed by atoms with van der Waals surface area (Å²) in [6.07, 6.45) is 0.655. The highest BCUT2D eigenvalue weighted by Crippen LogP contribution is 2.16. The van der Waals surface area contributed by atoms with Gasteiger partial charge in [-0.15, -0.1) is 5.10 Å². The van der Waals surface area contributed by atoms with Crippen molar-refractivity contribution in [1.29, 1.82) is 0 Å². The van der Waals surface area contributed by atoms with Crippen LogP contribution in [0.2, 0.25) is 0 Å². The molecule has 0 bridgehead atoms. The molecule has 1 aromatic heterocycles. The maximum absolute atomic E-state index is 12.7. The predicted octanol–water partition coefficient (Wildman–Crippen LogP) is 1.42. The average molecular weight is 238 g/mol. The summed E-state index contributed by atoms with van der Waals surface area (Å²) in [5.41, 5.74) is 4.48. The number of benzene rings is 1. The first-order chi connectivity index (χ1) is 7.79. The van der Waals surface area contributed by atoms with E-state index in [1.807, 2.05) is 5.38 Å². The van der Waals surface area contributed by atoms with Crippen LogP contribution < -0.4 is 11.3 Å². The highest BCUT2D eigenvalue weighted by molar-refractivity contribution is 7.03. The Balaban J connectivity index is 2.10. The molecule has 1 heterocycles. The van der Waals surface area contributed by atoms with Gasteiger partial charge in [0, 0.05) is 5.38 Å². The van der Waals surface area contributed by atoms with Crippen LogP contribution in [0, 0.1) is 5.82 Å². The third-order valence-corrected chi connectivity index (χ3v) is 2.81. The molecule has 4 nitrogen and oxygen atoms in total. The van der Waals surface area contributed by atoms with E-state index in [1.165, 1.54) is 23.7 Å². The fourth-order valence-electron chi connectivity index (χ4n) is 1.43. The van der Waals surface area contributed by atoms with Gasteiger partial charge in [-0.05, 0) is 35.6 Å². The SMILES string of the molecule is NNC(Cc1ccc(F)cc1)c1csnn1. The molecule has 0 aliphatic rings. The molecule has 2 rings (SSSR count). The molecule has 16 heavy (non-hydrogen) atoms. The summed E-state index contributed by atoms with van der Waals surface area (Å²) in [5, 5.41) is 5.79. The van der Waals surface area contributed by atoms with Crippen LogP contribution in [-0.2, 0) is 6.42 Å². The summed E-state index contributed by atoms with van der Waals surface area (Å²) in [6, 6.07) is 6.24. The normalized spacial score (nSPS) is 12.6. The highest BCUT2D eigenvalue weighted by atomic mass is 32.1. The zero-order chi connectivity index (χ0) is 11.4. The first kappa shape index (κ1) is 11.1. The van der Waals surface area contributed by atoms with E-state index in [2.05, 4.69) is 15.0 Å². The lowest BCUT2D eigenvalue weighted by atomic mass is 10.0. The quantitative estimate of drug-likeness (QED) is 0.624. The second-order valence-electron chi connectivity index (χ2n) is 3.38. The van der Waals surface area contributed by atoms with Gasteiger partial charge in [0.15, 0.2) is 0 Å². The Morgan fingerprint density at radius 3 is 2.69 bits per heavy atom. The second kappa shape index (κ2) is 5.11. The number of rotatable bonds is 4. The van der Waals surface area contributed by atoms with Crippen molar-refractivity contribution in [2.75, 3.05) is 0 Å². The Hall–Kier alpha value is -1.37. The van der Waals surface area contributed by atoms with Gasteiger partial charge in [-0.3, -0.25) is 11.3 Å². The lowest BCUT2D eigenvalue weighted by Gasteiger charge is -2.12. The minimum Gasteiger partial charge on any atom is -0.271 e. The molecule has 84 valence electrons. The molecule has 0 radical (unpaired) electrons. The molecule has 1 aromatic carbocycles. The maximum Gasteiger partial charge on any atom is 0.123 e. The zero-order valence-electron chi connectivity index (χ0n) is 8.43. The Bertz CT molecular complexity index is 429. The van der Waals surface area contributed by atoms with E-state index in [4.69, 9.17) is 5.84 Å². The fourth-order valence-corrected chi connectivity index (χ4v) is 1.94. The number of nitrogens with two attached hydrogens (primary N) is 1. The van der Waals surface area contributed by atoms with E-state index in [1.54, 1.807) is 12.1 Å². The molecule has 1 unspecified atom stereocenters. The lowest BCUT2D eigenvalue weighted by Crippen LogP contribution is -2.29. The molecule has 0 spiro atoms. The van der Waals surface area contributed by atoms with Crippen LogP contribution in [0.15, 0.2) is 29.6 Å². The summed E-state index contributed by atoms with van der Waals surface area (Å²) in [6.45, 7) is 0. The average Bonchev–Trinajstić information content (AvgIpc) is 2.82. The molecule has 2 aromatic rings. The van der Waals surface area contributed by atoms with Crippen molar-refractivity contribution < 1.29 is 4.39 Å². The molecule has 0 saturated heterocycles. The van der Waals surface area contributed by atoms with Crippen LogP contribution in [0.3, 0.4) is 0 Å². The van der Waals surface area contributed by atoms with Crippen molar-refractivity contribution in [1.82, 2.24) is 15.0 Å². The molecule has 0 fully saturated rings. The number of hydrogen-bond acceptors (Lipinski definition) is 5. The van der Waals surface area contributed by atoms with Gasteiger partial charge in [0.1, 0.15) is 5.82 Å². The van der Waals surface area contributed by atoms with Gasteiger partial charge in [0.2, 0.25) is 0 Å². The number of halogens is 1. The van der Waals surface area contributed by atoms with Crippen molar-refractivity contribution >= 4 is 11.5 Å². The standard InChI is InChI=1S/C10H11FN4S/c11-8-3-1-7(2-4-8)5-9(13-12)10-6-16-15-14-10/h1-4,6,9,13H,5,12H2. The van der Waals surface area contributed by atoms with E-state index in [9.17, 15) is 4.39 Å². The zero-order valence-corrected chi connectivity index (χ0v) is 9.25. The first-order valence-corrected chi connectivity index (χ1v) is 5.61. The number of hydrazine groups is 1. The largest absolute Gasteiger partial charge is 0.271 e. The van der Waals surface area contributed by atoms with E-state index in [0.717, 1.165) is 11.3 Å². The van der Waals surface area contributed by atoms with Crippen LogP contribution in [0.1, 0.15) is 17.3 Å². The Morgan fingerprint density at radius 1 is 1.38 bits per heavy atom.